The summed E-state index contributed by atoms with van der Waals surface area (Å²) in [5.74, 6) is 1.34. The molecule has 0 radical (unpaired) electrons. The third-order valence-electron chi connectivity index (χ3n) is 5.78. The molecule has 2 heterocycles. The van der Waals surface area contributed by atoms with Crippen molar-refractivity contribution in [2.24, 2.45) is 17.3 Å². The van der Waals surface area contributed by atoms with E-state index < -0.39 is 0 Å². The van der Waals surface area contributed by atoms with Gasteiger partial charge in [-0.3, -0.25) is 4.79 Å². The van der Waals surface area contributed by atoms with Gasteiger partial charge in [0.05, 0.1) is 0 Å². The molecule has 0 aromatic carbocycles. The van der Waals surface area contributed by atoms with Gasteiger partial charge in [0.2, 0.25) is 11.0 Å². The zero-order chi connectivity index (χ0) is 15.0. The lowest BCUT2D eigenvalue weighted by Crippen LogP contribution is -2.39. The average molecular weight is 320 g/mol. The van der Waals surface area contributed by atoms with Gasteiger partial charge in [-0.25, -0.2) is 0 Å². The molecule has 2 aliphatic carbocycles. The van der Waals surface area contributed by atoms with Crippen molar-refractivity contribution in [3.05, 3.63) is 5.51 Å². The molecule has 2 saturated carbocycles. The molecule has 1 N–H and O–H groups in total. The Kier molecular flexibility index (Phi) is 3.80. The molecule has 3 fully saturated rings. The number of carbonyl (C=O) groups excluding carboxylic acids is 1. The van der Waals surface area contributed by atoms with Crippen LogP contribution in [0.2, 0.25) is 0 Å². The molecule has 120 valence electrons. The Balaban J connectivity index is 1.29. The fraction of sp³-hybridized carbons (Fsp3) is 0.812. The summed E-state index contributed by atoms with van der Waals surface area (Å²) < 4.78 is 0. The van der Waals surface area contributed by atoms with Crippen LogP contribution in [-0.2, 0) is 4.79 Å². The normalized spacial score (nSPS) is 27.3. The Morgan fingerprint density at radius 3 is 2.82 bits per heavy atom. The van der Waals surface area contributed by atoms with E-state index in [0.29, 0.717) is 11.3 Å². The van der Waals surface area contributed by atoms with Crippen molar-refractivity contribution in [2.45, 2.75) is 44.9 Å². The van der Waals surface area contributed by atoms with Crippen LogP contribution in [0, 0.1) is 17.3 Å². The zero-order valence-corrected chi connectivity index (χ0v) is 13.8. The highest BCUT2D eigenvalue weighted by atomic mass is 32.1. The van der Waals surface area contributed by atoms with Crippen molar-refractivity contribution in [2.75, 3.05) is 24.5 Å². The van der Waals surface area contributed by atoms with Gasteiger partial charge in [-0.15, -0.1) is 10.2 Å². The highest BCUT2D eigenvalue weighted by Gasteiger charge is 2.43. The summed E-state index contributed by atoms with van der Waals surface area (Å²) in [7, 11) is 0. The van der Waals surface area contributed by atoms with Gasteiger partial charge in [0.15, 0.2) is 0 Å². The van der Waals surface area contributed by atoms with Crippen molar-refractivity contribution in [3.8, 4) is 0 Å². The molecule has 1 saturated heterocycles. The number of nitrogens with one attached hydrogen (secondary N) is 1. The van der Waals surface area contributed by atoms with E-state index in [2.05, 4.69) is 20.4 Å². The Hall–Kier alpha value is -1.17. The topological polar surface area (TPSA) is 58.1 Å². The number of amides is 1. The number of aromatic nitrogens is 2. The Bertz CT molecular complexity index is 520. The number of rotatable bonds is 4. The summed E-state index contributed by atoms with van der Waals surface area (Å²) in [5, 5.41) is 12.3. The van der Waals surface area contributed by atoms with Crippen LogP contribution in [0.15, 0.2) is 5.51 Å². The first-order chi connectivity index (χ1) is 10.7. The SMILES string of the molecule is O=C(NCC1CC1)C1CCC2(CCN(c3nncs3)CC2)C1. The first-order valence-corrected chi connectivity index (χ1v) is 9.41. The monoisotopic (exact) mass is 320 g/mol. The third-order valence-corrected chi connectivity index (χ3v) is 6.53. The number of hydrogen-bond donors (Lipinski definition) is 1. The molecule has 4 rings (SSSR count). The van der Waals surface area contributed by atoms with Crippen LogP contribution >= 0.6 is 11.3 Å². The quantitative estimate of drug-likeness (QED) is 0.926. The predicted molar refractivity (Wildman–Crippen MR) is 86.9 cm³/mol. The second kappa shape index (κ2) is 5.80. The first kappa shape index (κ1) is 14.4. The van der Waals surface area contributed by atoms with Gasteiger partial charge in [0.1, 0.15) is 5.51 Å². The number of carbonyl (C=O) groups is 1. The summed E-state index contributed by atoms with van der Waals surface area (Å²) in [6.07, 6.45) is 8.38. The predicted octanol–water partition coefficient (Wildman–Crippen LogP) is 2.45. The smallest absolute Gasteiger partial charge is 0.223 e. The van der Waals surface area contributed by atoms with Crippen molar-refractivity contribution in [1.29, 1.82) is 0 Å². The minimum absolute atomic E-state index is 0.256. The Labute approximate surface area is 135 Å². The molecule has 5 nitrogen and oxygen atoms in total. The standard InChI is InChI=1S/C16H24N4OS/c21-14(17-10-12-1-2-12)13-3-4-16(9-13)5-7-20(8-6-16)15-19-18-11-22-15/h11-13H,1-10H2,(H,17,21). The maximum atomic E-state index is 12.3. The molecule has 22 heavy (non-hydrogen) atoms. The molecule has 1 aromatic rings. The van der Waals surface area contributed by atoms with Gasteiger partial charge >= 0.3 is 0 Å². The van der Waals surface area contributed by atoms with E-state index in [1.165, 1.54) is 32.1 Å². The Morgan fingerprint density at radius 1 is 1.32 bits per heavy atom. The van der Waals surface area contributed by atoms with Gasteiger partial charge < -0.3 is 10.2 Å². The van der Waals surface area contributed by atoms with Crippen LogP contribution in [0.4, 0.5) is 5.13 Å². The molecule has 1 atom stereocenters. The third kappa shape index (κ3) is 2.98. The minimum atomic E-state index is 0.256. The van der Waals surface area contributed by atoms with E-state index in [1.54, 1.807) is 16.8 Å². The van der Waals surface area contributed by atoms with E-state index in [0.717, 1.165) is 43.5 Å². The summed E-state index contributed by atoms with van der Waals surface area (Å²) >= 11 is 1.62. The summed E-state index contributed by atoms with van der Waals surface area (Å²) in [6.45, 7) is 3.03. The second-order valence-electron chi connectivity index (χ2n) is 7.34. The largest absolute Gasteiger partial charge is 0.356 e. The zero-order valence-electron chi connectivity index (χ0n) is 13.0. The molecule has 1 unspecified atom stereocenters. The van der Waals surface area contributed by atoms with E-state index in [-0.39, 0.29) is 5.92 Å². The fourth-order valence-electron chi connectivity index (χ4n) is 4.07. The highest BCUT2D eigenvalue weighted by Crippen LogP contribution is 2.49. The number of piperidine rings is 1. The molecule has 0 bridgehead atoms. The molecule has 6 heteroatoms. The first-order valence-electron chi connectivity index (χ1n) is 8.53. The summed E-state index contributed by atoms with van der Waals surface area (Å²) in [6, 6.07) is 0. The van der Waals surface area contributed by atoms with E-state index >= 15 is 0 Å². The average Bonchev–Trinajstić information content (AvgIpc) is 3.04. The van der Waals surface area contributed by atoms with Gasteiger partial charge in [-0.05, 0) is 56.3 Å². The lowest BCUT2D eigenvalue weighted by molar-refractivity contribution is -0.125. The maximum absolute atomic E-state index is 12.3. The van der Waals surface area contributed by atoms with Gasteiger partial charge in [-0.1, -0.05) is 11.3 Å². The van der Waals surface area contributed by atoms with Crippen LogP contribution in [-0.4, -0.2) is 35.7 Å². The van der Waals surface area contributed by atoms with Crippen molar-refractivity contribution in [3.63, 3.8) is 0 Å². The summed E-state index contributed by atoms with van der Waals surface area (Å²) in [4.78, 5) is 14.7. The van der Waals surface area contributed by atoms with E-state index in [9.17, 15) is 4.79 Å². The van der Waals surface area contributed by atoms with Crippen LogP contribution in [0.25, 0.3) is 0 Å². The minimum Gasteiger partial charge on any atom is -0.356 e. The molecular weight excluding hydrogens is 296 g/mol. The van der Waals surface area contributed by atoms with Crippen LogP contribution < -0.4 is 10.2 Å². The van der Waals surface area contributed by atoms with Crippen molar-refractivity contribution in [1.82, 2.24) is 15.5 Å². The van der Waals surface area contributed by atoms with Gasteiger partial charge in [0, 0.05) is 25.6 Å². The van der Waals surface area contributed by atoms with Crippen LogP contribution in [0.1, 0.15) is 44.9 Å². The molecule has 1 spiro atoms. The maximum Gasteiger partial charge on any atom is 0.223 e. The van der Waals surface area contributed by atoms with Gasteiger partial charge in [0.25, 0.3) is 0 Å². The lowest BCUT2D eigenvalue weighted by Gasteiger charge is -2.39. The number of nitrogens with zero attached hydrogens (tertiary/aromatic N) is 3. The van der Waals surface area contributed by atoms with E-state index in [4.69, 9.17) is 0 Å². The Morgan fingerprint density at radius 2 is 2.14 bits per heavy atom. The molecule has 1 amide bonds. The molecule has 1 aliphatic heterocycles. The molecular formula is C16H24N4OS. The highest BCUT2D eigenvalue weighted by molar-refractivity contribution is 7.13. The number of anilines is 1. The van der Waals surface area contributed by atoms with Crippen LogP contribution in [0.3, 0.4) is 0 Å². The fourth-order valence-corrected chi connectivity index (χ4v) is 4.69. The van der Waals surface area contributed by atoms with Crippen molar-refractivity contribution >= 4 is 22.4 Å². The lowest BCUT2D eigenvalue weighted by atomic mass is 9.76. The van der Waals surface area contributed by atoms with E-state index in [1.807, 2.05) is 0 Å². The molecule has 1 aromatic heterocycles. The summed E-state index contributed by atoms with van der Waals surface area (Å²) in [5.41, 5.74) is 2.21. The second-order valence-corrected chi connectivity index (χ2v) is 8.15. The van der Waals surface area contributed by atoms with Gasteiger partial charge in [-0.2, -0.15) is 0 Å². The van der Waals surface area contributed by atoms with Crippen molar-refractivity contribution < 1.29 is 4.79 Å². The van der Waals surface area contributed by atoms with Crippen LogP contribution in [0.5, 0.6) is 0 Å². The molecule has 3 aliphatic rings. The number of hydrogen-bond acceptors (Lipinski definition) is 5.